The van der Waals surface area contributed by atoms with Crippen molar-refractivity contribution in [3.05, 3.63) is 97.4 Å². The Morgan fingerprint density at radius 3 is 2.12 bits per heavy atom. The van der Waals surface area contributed by atoms with Crippen LogP contribution in [0.2, 0.25) is 0 Å². The standard InChI is InChI=1S/C27H32N4O2/c1-7-29-17-28-24-23(29)25(32)31(26(33)30(24)15-20-11-9-8-10-12-20)16-22-18(2)13-21(14-19(22)3)27(4,5)6/h8-14,17H,7,15-16H2,1-6H3. The number of aryl methyl sites for hydroxylation is 3. The van der Waals surface area contributed by atoms with Crippen LogP contribution in [0.3, 0.4) is 0 Å². The predicted molar refractivity (Wildman–Crippen MR) is 133 cm³/mol. The largest absolute Gasteiger partial charge is 0.333 e. The Kier molecular flexibility index (Phi) is 5.87. The molecule has 0 radical (unpaired) electrons. The van der Waals surface area contributed by atoms with Gasteiger partial charge in [0.15, 0.2) is 11.2 Å². The van der Waals surface area contributed by atoms with E-state index in [4.69, 9.17) is 0 Å². The van der Waals surface area contributed by atoms with E-state index < -0.39 is 0 Å². The summed E-state index contributed by atoms with van der Waals surface area (Å²) >= 11 is 0. The Bertz CT molecular complexity index is 1410. The molecule has 2 aromatic carbocycles. The maximum Gasteiger partial charge on any atom is 0.333 e. The smallest absolute Gasteiger partial charge is 0.325 e. The van der Waals surface area contributed by atoms with E-state index in [0.717, 1.165) is 22.3 Å². The lowest BCUT2D eigenvalue weighted by molar-refractivity contribution is 0.587. The summed E-state index contributed by atoms with van der Waals surface area (Å²) in [4.78, 5) is 31.6. The third-order valence-corrected chi connectivity index (χ3v) is 6.39. The maximum atomic E-state index is 13.6. The van der Waals surface area contributed by atoms with Gasteiger partial charge in [-0.15, -0.1) is 0 Å². The average molecular weight is 445 g/mol. The third-order valence-electron chi connectivity index (χ3n) is 6.39. The molecule has 0 bridgehead atoms. The summed E-state index contributed by atoms with van der Waals surface area (Å²) in [7, 11) is 0. The fraction of sp³-hybridized carbons (Fsp3) is 0.370. The second-order valence-electron chi connectivity index (χ2n) is 9.79. The van der Waals surface area contributed by atoms with E-state index in [0.29, 0.717) is 24.3 Å². The second kappa shape index (κ2) is 8.50. The topological polar surface area (TPSA) is 61.8 Å². The number of nitrogens with zero attached hydrogens (tertiary/aromatic N) is 4. The fourth-order valence-electron chi connectivity index (χ4n) is 4.36. The molecule has 33 heavy (non-hydrogen) atoms. The molecule has 0 spiro atoms. The van der Waals surface area contributed by atoms with Gasteiger partial charge >= 0.3 is 5.69 Å². The first-order valence-corrected chi connectivity index (χ1v) is 11.4. The summed E-state index contributed by atoms with van der Waals surface area (Å²) in [6.45, 7) is 13.8. The number of rotatable bonds is 5. The van der Waals surface area contributed by atoms with Gasteiger partial charge in [-0.05, 0) is 54.0 Å². The Hall–Kier alpha value is -3.41. The Balaban J connectivity index is 1.92. The number of imidazole rings is 1. The molecular formula is C27H32N4O2. The molecule has 2 aromatic heterocycles. The molecular weight excluding hydrogens is 412 g/mol. The van der Waals surface area contributed by atoms with Gasteiger partial charge in [0.25, 0.3) is 5.56 Å². The van der Waals surface area contributed by atoms with E-state index in [-0.39, 0.29) is 23.2 Å². The van der Waals surface area contributed by atoms with Crippen LogP contribution in [0.15, 0.2) is 58.4 Å². The average Bonchev–Trinajstić information content (AvgIpc) is 3.20. The van der Waals surface area contributed by atoms with Gasteiger partial charge in [0.05, 0.1) is 19.4 Å². The van der Waals surface area contributed by atoms with Crippen LogP contribution in [0.25, 0.3) is 11.2 Å². The molecule has 0 fully saturated rings. The van der Waals surface area contributed by atoms with Gasteiger partial charge < -0.3 is 4.57 Å². The highest BCUT2D eigenvalue weighted by Crippen LogP contribution is 2.27. The van der Waals surface area contributed by atoms with Crippen LogP contribution in [0.4, 0.5) is 0 Å². The molecule has 0 aliphatic heterocycles. The summed E-state index contributed by atoms with van der Waals surface area (Å²) in [6, 6.07) is 14.1. The van der Waals surface area contributed by atoms with Crippen LogP contribution in [0, 0.1) is 13.8 Å². The molecule has 6 heteroatoms. The van der Waals surface area contributed by atoms with Crippen molar-refractivity contribution in [2.75, 3.05) is 0 Å². The molecule has 2 heterocycles. The van der Waals surface area contributed by atoms with Crippen molar-refractivity contribution in [1.29, 1.82) is 0 Å². The first kappa shape index (κ1) is 22.8. The highest BCUT2D eigenvalue weighted by molar-refractivity contribution is 5.70. The zero-order valence-electron chi connectivity index (χ0n) is 20.3. The second-order valence-corrected chi connectivity index (χ2v) is 9.79. The summed E-state index contributed by atoms with van der Waals surface area (Å²) < 4.78 is 4.80. The van der Waals surface area contributed by atoms with Gasteiger partial charge in [-0.2, -0.15) is 0 Å². The summed E-state index contributed by atoms with van der Waals surface area (Å²) in [6.07, 6.45) is 1.64. The van der Waals surface area contributed by atoms with E-state index in [1.807, 2.05) is 41.8 Å². The quantitative estimate of drug-likeness (QED) is 0.459. The summed E-state index contributed by atoms with van der Waals surface area (Å²) in [5.74, 6) is 0. The molecule has 0 atom stereocenters. The molecule has 0 saturated heterocycles. The maximum absolute atomic E-state index is 13.6. The van der Waals surface area contributed by atoms with Gasteiger partial charge in [-0.1, -0.05) is 63.2 Å². The van der Waals surface area contributed by atoms with Crippen molar-refractivity contribution in [3.8, 4) is 0 Å². The molecule has 4 aromatic rings. The third kappa shape index (κ3) is 4.17. The zero-order valence-corrected chi connectivity index (χ0v) is 20.3. The van der Waals surface area contributed by atoms with Crippen molar-refractivity contribution in [3.63, 3.8) is 0 Å². The van der Waals surface area contributed by atoms with Gasteiger partial charge in [0, 0.05) is 6.54 Å². The normalized spacial score (nSPS) is 11.9. The number of benzene rings is 2. The SMILES string of the molecule is CCn1cnc2c1c(=O)n(Cc1c(C)cc(C(C)(C)C)cc1C)c(=O)n2Cc1ccccc1. The number of hydrogen-bond donors (Lipinski definition) is 0. The molecule has 0 aliphatic rings. The van der Waals surface area contributed by atoms with E-state index in [2.05, 4.69) is 51.7 Å². The summed E-state index contributed by atoms with van der Waals surface area (Å²) in [5.41, 5.74) is 5.71. The molecule has 0 N–H and O–H groups in total. The van der Waals surface area contributed by atoms with Crippen molar-refractivity contribution >= 4 is 11.2 Å². The van der Waals surface area contributed by atoms with E-state index in [1.165, 1.54) is 10.1 Å². The van der Waals surface area contributed by atoms with Crippen molar-refractivity contribution in [2.24, 2.45) is 0 Å². The monoisotopic (exact) mass is 444 g/mol. The van der Waals surface area contributed by atoms with Crippen LogP contribution in [0.5, 0.6) is 0 Å². The van der Waals surface area contributed by atoms with Gasteiger partial charge in [0.1, 0.15) is 0 Å². The molecule has 0 aliphatic carbocycles. The van der Waals surface area contributed by atoms with Gasteiger partial charge in [0.2, 0.25) is 0 Å². The van der Waals surface area contributed by atoms with Crippen LogP contribution in [0.1, 0.15) is 55.5 Å². The number of fused-ring (bicyclic) bond motifs is 1. The molecule has 0 amide bonds. The van der Waals surface area contributed by atoms with Crippen LogP contribution in [-0.4, -0.2) is 18.7 Å². The van der Waals surface area contributed by atoms with Crippen molar-refractivity contribution < 1.29 is 0 Å². The minimum atomic E-state index is -0.337. The van der Waals surface area contributed by atoms with E-state index in [1.54, 1.807) is 10.9 Å². The first-order valence-electron chi connectivity index (χ1n) is 11.4. The molecule has 0 saturated carbocycles. The molecule has 172 valence electrons. The first-order chi connectivity index (χ1) is 15.6. The highest BCUT2D eigenvalue weighted by Gasteiger charge is 2.21. The van der Waals surface area contributed by atoms with Gasteiger partial charge in [-0.25, -0.2) is 9.78 Å². The number of aromatic nitrogens is 4. The van der Waals surface area contributed by atoms with Crippen molar-refractivity contribution in [2.45, 2.75) is 66.6 Å². The molecule has 0 unspecified atom stereocenters. The Morgan fingerprint density at radius 2 is 1.55 bits per heavy atom. The van der Waals surface area contributed by atoms with E-state index in [9.17, 15) is 9.59 Å². The van der Waals surface area contributed by atoms with E-state index >= 15 is 0 Å². The van der Waals surface area contributed by atoms with Crippen molar-refractivity contribution in [1.82, 2.24) is 18.7 Å². The fourth-order valence-corrected chi connectivity index (χ4v) is 4.36. The van der Waals surface area contributed by atoms with Gasteiger partial charge in [-0.3, -0.25) is 13.9 Å². The lowest BCUT2D eigenvalue weighted by Gasteiger charge is -2.22. The molecule has 6 nitrogen and oxygen atoms in total. The minimum absolute atomic E-state index is 0.0276. The van der Waals surface area contributed by atoms with Crippen LogP contribution >= 0.6 is 0 Å². The lowest BCUT2D eigenvalue weighted by atomic mass is 9.84. The molecule has 4 rings (SSSR count). The minimum Gasteiger partial charge on any atom is -0.325 e. The van der Waals surface area contributed by atoms with Crippen LogP contribution in [-0.2, 0) is 25.0 Å². The lowest BCUT2D eigenvalue weighted by Crippen LogP contribution is -2.41. The Labute approximate surface area is 194 Å². The van der Waals surface area contributed by atoms with Crippen LogP contribution < -0.4 is 11.2 Å². The summed E-state index contributed by atoms with van der Waals surface area (Å²) in [5, 5.41) is 0. The number of hydrogen-bond acceptors (Lipinski definition) is 3. The predicted octanol–water partition coefficient (Wildman–Crippen LogP) is 4.39. The zero-order chi connectivity index (χ0) is 23.9. The highest BCUT2D eigenvalue weighted by atomic mass is 16.2. The Morgan fingerprint density at radius 1 is 0.909 bits per heavy atom.